The van der Waals surface area contributed by atoms with Gasteiger partial charge in [0, 0.05) is 49.8 Å². The van der Waals surface area contributed by atoms with Gasteiger partial charge in [0.15, 0.2) is 0 Å². The number of benzene rings is 2. The lowest BCUT2D eigenvalue weighted by Crippen LogP contribution is -2.49. The Morgan fingerprint density at radius 1 is 0.839 bits per heavy atom. The van der Waals surface area contributed by atoms with Gasteiger partial charge in [0.2, 0.25) is 5.91 Å². The summed E-state index contributed by atoms with van der Waals surface area (Å²) in [4.78, 5) is 34.0. The second-order valence-electron chi connectivity index (χ2n) is 7.58. The van der Waals surface area contributed by atoms with E-state index in [4.69, 9.17) is 0 Å². The molecular formula is C25H26N4O2. The number of carbonyl (C=O) groups excluding carboxylic acids is 2. The molecular weight excluding hydrogens is 388 g/mol. The number of rotatable bonds is 6. The molecule has 6 heteroatoms. The Morgan fingerprint density at radius 2 is 1.45 bits per heavy atom. The second-order valence-corrected chi connectivity index (χ2v) is 7.58. The standard InChI is InChI=1S/C25H26N4O2/c30-24(29-17-15-28(16-18-29)22-11-13-26-14-12-22)19-23(20-7-3-1-4-8-20)27-25(31)21-9-5-2-6-10-21/h1-14,23H,15-19H2,(H,27,31)/t23-/m1/s1. The molecule has 0 unspecified atom stereocenters. The first-order chi connectivity index (χ1) is 15.2. The topological polar surface area (TPSA) is 65.5 Å². The molecule has 0 aliphatic carbocycles. The Hall–Kier alpha value is -3.67. The van der Waals surface area contributed by atoms with Crippen molar-refractivity contribution in [1.29, 1.82) is 0 Å². The molecule has 1 aliphatic rings. The van der Waals surface area contributed by atoms with Crippen LogP contribution in [0.25, 0.3) is 0 Å². The first-order valence-electron chi connectivity index (χ1n) is 10.5. The van der Waals surface area contributed by atoms with E-state index in [1.54, 1.807) is 24.5 Å². The van der Waals surface area contributed by atoms with Crippen molar-refractivity contribution in [3.8, 4) is 0 Å². The molecule has 2 aromatic carbocycles. The van der Waals surface area contributed by atoms with E-state index in [0.29, 0.717) is 18.7 Å². The van der Waals surface area contributed by atoms with Crippen LogP contribution in [0.2, 0.25) is 0 Å². The van der Waals surface area contributed by atoms with Crippen LogP contribution in [0.4, 0.5) is 5.69 Å². The van der Waals surface area contributed by atoms with Crippen LogP contribution >= 0.6 is 0 Å². The number of amides is 2. The van der Waals surface area contributed by atoms with Crippen LogP contribution in [0.15, 0.2) is 85.2 Å². The minimum Gasteiger partial charge on any atom is -0.368 e. The number of anilines is 1. The number of nitrogens with zero attached hydrogens (tertiary/aromatic N) is 3. The third-order valence-corrected chi connectivity index (χ3v) is 5.58. The van der Waals surface area contributed by atoms with Crippen molar-refractivity contribution in [1.82, 2.24) is 15.2 Å². The zero-order chi connectivity index (χ0) is 21.5. The number of aromatic nitrogens is 1. The minimum atomic E-state index is -0.375. The lowest BCUT2D eigenvalue weighted by atomic mass is 10.0. The largest absolute Gasteiger partial charge is 0.368 e. The van der Waals surface area contributed by atoms with Crippen LogP contribution in [-0.2, 0) is 4.79 Å². The van der Waals surface area contributed by atoms with Crippen LogP contribution in [0.5, 0.6) is 0 Å². The first-order valence-corrected chi connectivity index (χ1v) is 10.5. The van der Waals surface area contributed by atoms with Gasteiger partial charge in [0.05, 0.1) is 12.5 Å². The quantitative estimate of drug-likeness (QED) is 0.672. The Balaban J connectivity index is 1.41. The molecule has 4 rings (SSSR count). The summed E-state index contributed by atoms with van der Waals surface area (Å²) in [5.74, 6) is -0.124. The molecule has 3 aromatic rings. The summed E-state index contributed by atoms with van der Waals surface area (Å²) in [6, 6.07) is 22.4. The van der Waals surface area contributed by atoms with Crippen molar-refractivity contribution >= 4 is 17.5 Å². The van der Waals surface area contributed by atoms with Gasteiger partial charge in [0.1, 0.15) is 0 Å². The van der Waals surface area contributed by atoms with Crippen molar-refractivity contribution in [3.63, 3.8) is 0 Å². The Kier molecular flexibility index (Phi) is 6.57. The number of piperazine rings is 1. The second kappa shape index (κ2) is 9.89. The molecule has 6 nitrogen and oxygen atoms in total. The number of carbonyl (C=O) groups is 2. The maximum absolute atomic E-state index is 13.1. The van der Waals surface area contributed by atoms with Gasteiger partial charge in [-0.25, -0.2) is 0 Å². The SMILES string of the molecule is O=C(N[C@H](CC(=O)N1CCN(c2ccncc2)CC1)c1ccccc1)c1ccccc1. The fourth-order valence-electron chi connectivity index (χ4n) is 3.84. The first kappa shape index (κ1) is 20.6. The zero-order valence-electron chi connectivity index (χ0n) is 17.4. The van der Waals surface area contributed by atoms with E-state index in [1.165, 1.54) is 0 Å². The fourth-order valence-corrected chi connectivity index (χ4v) is 3.84. The summed E-state index contributed by atoms with van der Waals surface area (Å²) in [7, 11) is 0. The smallest absolute Gasteiger partial charge is 0.251 e. The molecule has 2 heterocycles. The van der Waals surface area contributed by atoms with Crippen molar-refractivity contribution in [2.75, 3.05) is 31.1 Å². The van der Waals surface area contributed by atoms with Gasteiger partial charge in [-0.1, -0.05) is 48.5 Å². The molecule has 31 heavy (non-hydrogen) atoms. The summed E-state index contributed by atoms with van der Waals surface area (Å²) < 4.78 is 0. The molecule has 0 bridgehead atoms. The lowest BCUT2D eigenvalue weighted by Gasteiger charge is -2.36. The maximum atomic E-state index is 13.1. The van der Waals surface area contributed by atoms with Gasteiger partial charge in [-0.2, -0.15) is 0 Å². The number of nitrogens with one attached hydrogen (secondary N) is 1. The summed E-state index contributed by atoms with van der Waals surface area (Å²) in [5, 5.41) is 3.05. The maximum Gasteiger partial charge on any atom is 0.251 e. The normalized spacial score (nSPS) is 14.7. The van der Waals surface area contributed by atoms with Crippen LogP contribution in [-0.4, -0.2) is 47.9 Å². The molecule has 0 saturated carbocycles. The van der Waals surface area contributed by atoms with Crippen LogP contribution in [0.1, 0.15) is 28.4 Å². The highest BCUT2D eigenvalue weighted by atomic mass is 16.2. The number of hydrogen-bond donors (Lipinski definition) is 1. The van der Waals surface area contributed by atoms with Gasteiger partial charge in [0.25, 0.3) is 5.91 Å². The van der Waals surface area contributed by atoms with Crippen molar-refractivity contribution in [2.45, 2.75) is 12.5 Å². The highest BCUT2D eigenvalue weighted by Gasteiger charge is 2.25. The van der Waals surface area contributed by atoms with E-state index in [2.05, 4.69) is 15.2 Å². The molecule has 0 radical (unpaired) electrons. The fraction of sp³-hybridized carbons (Fsp3) is 0.240. The molecule has 1 aliphatic heterocycles. The highest BCUT2D eigenvalue weighted by Crippen LogP contribution is 2.21. The molecule has 1 fully saturated rings. The average molecular weight is 415 g/mol. The molecule has 1 aromatic heterocycles. The monoisotopic (exact) mass is 414 g/mol. The molecule has 2 amide bonds. The van der Waals surface area contributed by atoms with Crippen molar-refractivity contribution in [3.05, 3.63) is 96.3 Å². The molecule has 1 atom stereocenters. The Morgan fingerprint density at radius 3 is 2.10 bits per heavy atom. The third kappa shape index (κ3) is 5.28. The van der Waals surface area contributed by atoms with Gasteiger partial charge in [-0.3, -0.25) is 14.6 Å². The number of hydrogen-bond acceptors (Lipinski definition) is 4. The Labute approximate surface area is 182 Å². The van der Waals surface area contributed by atoms with Gasteiger partial charge in [-0.05, 0) is 29.8 Å². The predicted octanol–water partition coefficient (Wildman–Crippen LogP) is 3.29. The Bertz CT molecular complexity index is 988. The van der Waals surface area contributed by atoms with E-state index >= 15 is 0 Å². The van der Waals surface area contributed by atoms with E-state index in [-0.39, 0.29) is 24.3 Å². The lowest BCUT2D eigenvalue weighted by molar-refractivity contribution is -0.132. The average Bonchev–Trinajstić information content (AvgIpc) is 2.85. The van der Waals surface area contributed by atoms with Gasteiger partial charge in [-0.15, -0.1) is 0 Å². The van der Waals surface area contributed by atoms with E-state index in [0.717, 1.165) is 24.3 Å². The van der Waals surface area contributed by atoms with E-state index in [9.17, 15) is 9.59 Å². The highest BCUT2D eigenvalue weighted by molar-refractivity contribution is 5.94. The molecule has 1 saturated heterocycles. The van der Waals surface area contributed by atoms with Crippen molar-refractivity contribution < 1.29 is 9.59 Å². The van der Waals surface area contributed by atoms with Gasteiger partial charge < -0.3 is 15.1 Å². The predicted molar refractivity (Wildman–Crippen MR) is 121 cm³/mol. The molecule has 1 N–H and O–H groups in total. The van der Waals surface area contributed by atoms with Gasteiger partial charge >= 0.3 is 0 Å². The molecule has 0 spiro atoms. The van der Waals surface area contributed by atoms with E-state index in [1.807, 2.05) is 65.6 Å². The summed E-state index contributed by atoms with van der Waals surface area (Å²) in [6.45, 7) is 2.88. The zero-order valence-corrected chi connectivity index (χ0v) is 17.4. The van der Waals surface area contributed by atoms with Crippen LogP contribution in [0.3, 0.4) is 0 Å². The minimum absolute atomic E-state index is 0.0524. The number of pyridine rings is 1. The summed E-state index contributed by atoms with van der Waals surface area (Å²) in [5.41, 5.74) is 2.64. The van der Waals surface area contributed by atoms with Crippen LogP contribution in [0, 0.1) is 0 Å². The van der Waals surface area contributed by atoms with E-state index < -0.39 is 0 Å². The summed E-state index contributed by atoms with van der Waals surface area (Å²) in [6.07, 6.45) is 3.80. The summed E-state index contributed by atoms with van der Waals surface area (Å²) >= 11 is 0. The van der Waals surface area contributed by atoms with Crippen molar-refractivity contribution in [2.24, 2.45) is 0 Å². The van der Waals surface area contributed by atoms with Crippen LogP contribution < -0.4 is 10.2 Å². The molecule has 158 valence electrons. The third-order valence-electron chi connectivity index (χ3n) is 5.58.